The highest BCUT2D eigenvalue weighted by atomic mass is 127. The molecule has 0 unspecified atom stereocenters. The van der Waals surface area contributed by atoms with E-state index in [2.05, 4.69) is 0 Å². The Bertz CT molecular complexity index is 221. The summed E-state index contributed by atoms with van der Waals surface area (Å²) in [5.41, 5.74) is 0. The number of hydrogen-bond acceptors (Lipinski definition) is 2. The largest absolute Gasteiger partial charge is 1.00 e. The van der Waals surface area contributed by atoms with Crippen molar-refractivity contribution in [1.29, 1.82) is 0 Å². The standard InChI is InChI=1S/C11H19O2S.HI/c1-13-10(12)11-6-2-4-8-14(11)9-5-3-7-11;/h2-9H2,1H3;1H/q+1;/p-1. The average Bonchev–Trinajstić information content (AvgIpc) is 2.28. The van der Waals surface area contributed by atoms with E-state index < -0.39 is 0 Å². The van der Waals surface area contributed by atoms with E-state index in [4.69, 9.17) is 4.74 Å². The number of esters is 1. The zero-order valence-corrected chi connectivity index (χ0v) is 12.2. The van der Waals surface area contributed by atoms with E-state index in [9.17, 15) is 4.79 Å². The molecule has 2 fully saturated rings. The Morgan fingerprint density at radius 1 is 1.13 bits per heavy atom. The lowest BCUT2D eigenvalue weighted by Crippen LogP contribution is -3.00. The summed E-state index contributed by atoms with van der Waals surface area (Å²) in [5, 5.41) is 0. The molecule has 0 N–H and O–H groups in total. The van der Waals surface area contributed by atoms with Crippen LogP contribution in [0.5, 0.6) is 0 Å². The lowest BCUT2D eigenvalue weighted by atomic mass is 9.94. The molecule has 2 heterocycles. The molecule has 0 atom stereocenters. The molecule has 2 nitrogen and oxygen atoms in total. The molecule has 0 amide bonds. The molecule has 2 rings (SSSR count). The third-order valence-corrected chi connectivity index (χ3v) is 6.80. The Morgan fingerprint density at radius 3 is 2.13 bits per heavy atom. The highest BCUT2D eigenvalue weighted by Gasteiger charge is 2.57. The topological polar surface area (TPSA) is 26.3 Å². The van der Waals surface area contributed by atoms with Crippen LogP contribution in [0.1, 0.15) is 38.5 Å². The maximum Gasteiger partial charge on any atom is 0.362 e. The molecule has 0 aromatic carbocycles. The maximum atomic E-state index is 11.9. The molecular weight excluding hydrogens is 323 g/mol. The molecule has 2 aliphatic rings. The van der Waals surface area contributed by atoms with Crippen LogP contribution in [0.3, 0.4) is 0 Å². The minimum atomic E-state index is -0.0503. The lowest BCUT2D eigenvalue weighted by Gasteiger charge is -2.37. The predicted octanol–water partition coefficient (Wildman–Crippen LogP) is -1.11. The molecule has 0 saturated carbocycles. The van der Waals surface area contributed by atoms with Crippen LogP contribution in [0.2, 0.25) is 0 Å². The second kappa shape index (κ2) is 5.75. The lowest BCUT2D eigenvalue weighted by molar-refractivity contribution is -0.144. The van der Waals surface area contributed by atoms with Crippen molar-refractivity contribution in [1.82, 2.24) is 0 Å². The molecule has 0 spiro atoms. The fourth-order valence-corrected chi connectivity index (χ4v) is 6.06. The summed E-state index contributed by atoms with van der Waals surface area (Å²) in [5.74, 6) is 2.63. The van der Waals surface area contributed by atoms with E-state index in [1.807, 2.05) is 0 Å². The molecule has 0 bridgehead atoms. The summed E-state index contributed by atoms with van der Waals surface area (Å²) in [4.78, 5) is 11.9. The van der Waals surface area contributed by atoms with Gasteiger partial charge in [0.25, 0.3) is 0 Å². The van der Waals surface area contributed by atoms with Gasteiger partial charge in [0.2, 0.25) is 4.75 Å². The number of ether oxygens (including phenoxy) is 1. The Kier molecular flexibility index (Phi) is 5.22. The van der Waals surface area contributed by atoms with Gasteiger partial charge in [-0.15, -0.1) is 0 Å². The smallest absolute Gasteiger partial charge is 0.362 e. The van der Waals surface area contributed by atoms with Gasteiger partial charge in [0.05, 0.1) is 7.11 Å². The van der Waals surface area contributed by atoms with E-state index in [0.29, 0.717) is 10.9 Å². The van der Waals surface area contributed by atoms with Crippen LogP contribution in [0.15, 0.2) is 0 Å². The summed E-state index contributed by atoms with van der Waals surface area (Å²) in [6, 6.07) is 0. The van der Waals surface area contributed by atoms with Crippen LogP contribution in [0.25, 0.3) is 0 Å². The summed E-state index contributed by atoms with van der Waals surface area (Å²) < 4.78 is 4.97. The minimum absolute atomic E-state index is 0. The van der Waals surface area contributed by atoms with Crippen molar-refractivity contribution in [3.05, 3.63) is 0 Å². The number of hydrogen-bond donors (Lipinski definition) is 0. The average molecular weight is 342 g/mol. The van der Waals surface area contributed by atoms with Crippen molar-refractivity contribution in [2.45, 2.75) is 43.3 Å². The predicted molar refractivity (Wildman–Crippen MR) is 59.5 cm³/mol. The van der Waals surface area contributed by atoms with Gasteiger partial charge in [0.15, 0.2) is 0 Å². The normalized spacial score (nSPS) is 34.9. The van der Waals surface area contributed by atoms with Gasteiger partial charge in [-0.3, -0.25) is 0 Å². The molecule has 0 aliphatic carbocycles. The molecule has 2 saturated heterocycles. The summed E-state index contributed by atoms with van der Waals surface area (Å²) >= 11 is 0. The van der Waals surface area contributed by atoms with Crippen LogP contribution < -0.4 is 24.0 Å². The van der Waals surface area contributed by atoms with Gasteiger partial charge in [0, 0.05) is 23.7 Å². The van der Waals surface area contributed by atoms with Crippen molar-refractivity contribution < 1.29 is 33.5 Å². The molecule has 88 valence electrons. The zero-order chi connectivity index (χ0) is 10.0. The number of methoxy groups -OCH3 is 1. The molecule has 0 aromatic rings. The van der Waals surface area contributed by atoms with Crippen LogP contribution in [0, 0.1) is 0 Å². The number of carbonyl (C=O) groups is 1. The van der Waals surface area contributed by atoms with Gasteiger partial charge in [-0.05, 0) is 25.7 Å². The van der Waals surface area contributed by atoms with E-state index in [1.54, 1.807) is 7.11 Å². The zero-order valence-electron chi connectivity index (χ0n) is 9.26. The first kappa shape index (κ1) is 13.6. The van der Waals surface area contributed by atoms with E-state index in [-0.39, 0.29) is 34.7 Å². The Labute approximate surface area is 112 Å². The third-order valence-electron chi connectivity index (χ3n) is 3.55. The first-order chi connectivity index (χ1) is 6.79. The van der Waals surface area contributed by atoms with Crippen molar-refractivity contribution in [3.8, 4) is 0 Å². The molecule has 15 heavy (non-hydrogen) atoms. The highest BCUT2D eigenvalue weighted by molar-refractivity contribution is 7.99. The third kappa shape index (κ3) is 2.46. The minimum Gasteiger partial charge on any atom is -1.00 e. The Morgan fingerprint density at radius 2 is 1.67 bits per heavy atom. The fraction of sp³-hybridized carbons (Fsp3) is 0.909. The number of carbonyl (C=O) groups excluding carboxylic acids is 1. The van der Waals surface area contributed by atoms with E-state index in [0.717, 1.165) is 12.8 Å². The molecule has 0 aromatic heterocycles. The van der Waals surface area contributed by atoms with Crippen molar-refractivity contribution in [2.75, 3.05) is 18.6 Å². The first-order valence-electron chi connectivity index (χ1n) is 5.56. The van der Waals surface area contributed by atoms with Crippen molar-refractivity contribution in [3.63, 3.8) is 0 Å². The SMILES string of the molecule is COC(=O)C12CCCC[S+]1CCCC2.[I-]. The van der Waals surface area contributed by atoms with Crippen LogP contribution in [-0.2, 0) is 20.4 Å². The van der Waals surface area contributed by atoms with Crippen molar-refractivity contribution in [2.24, 2.45) is 0 Å². The second-order valence-corrected chi connectivity index (χ2v) is 6.88. The summed E-state index contributed by atoms with van der Waals surface area (Å²) in [6.45, 7) is 0. The first-order valence-corrected chi connectivity index (χ1v) is 7.12. The Hall–Kier alpha value is 0.550. The molecule has 4 heteroatoms. The monoisotopic (exact) mass is 342 g/mol. The maximum absolute atomic E-state index is 11.9. The van der Waals surface area contributed by atoms with Gasteiger partial charge < -0.3 is 28.7 Å². The van der Waals surface area contributed by atoms with E-state index in [1.165, 1.54) is 37.2 Å². The molecular formula is C11H19IO2S. The number of rotatable bonds is 1. The number of halogens is 1. The second-order valence-electron chi connectivity index (χ2n) is 4.30. The van der Waals surface area contributed by atoms with Gasteiger partial charge in [0.1, 0.15) is 11.5 Å². The number of fused-ring (bicyclic) bond motifs is 1. The van der Waals surface area contributed by atoms with Crippen LogP contribution in [-0.4, -0.2) is 29.3 Å². The van der Waals surface area contributed by atoms with Gasteiger partial charge in [-0.25, -0.2) is 4.79 Å². The summed E-state index contributed by atoms with van der Waals surface area (Å²) in [7, 11) is 1.88. The van der Waals surface area contributed by atoms with Crippen LogP contribution in [0.4, 0.5) is 0 Å². The fourth-order valence-electron chi connectivity index (χ4n) is 2.79. The quantitative estimate of drug-likeness (QED) is 0.343. The summed E-state index contributed by atoms with van der Waals surface area (Å²) in [6.07, 6.45) is 7.26. The molecule has 2 aliphatic heterocycles. The van der Waals surface area contributed by atoms with Crippen LogP contribution >= 0.6 is 0 Å². The van der Waals surface area contributed by atoms with Crippen molar-refractivity contribution >= 4 is 16.9 Å². The highest BCUT2D eigenvalue weighted by Crippen LogP contribution is 2.41. The van der Waals surface area contributed by atoms with Gasteiger partial charge >= 0.3 is 5.97 Å². The van der Waals surface area contributed by atoms with E-state index >= 15 is 0 Å². The van der Waals surface area contributed by atoms with Gasteiger partial charge in [-0.2, -0.15) is 0 Å². The molecule has 0 radical (unpaired) electrons. The van der Waals surface area contributed by atoms with Gasteiger partial charge in [-0.1, -0.05) is 0 Å². The Balaban J connectivity index is 0.00000112.